The van der Waals surface area contributed by atoms with Crippen LogP contribution in [0.3, 0.4) is 0 Å². The Morgan fingerprint density at radius 2 is 1.64 bits per heavy atom. The third-order valence-corrected chi connectivity index (χ3v) is 6.26. The molecule has 0 amide bonds. The van der Waals surface area contributed by atoms with Gasteiger partial charge in [0.15, 0.2) is 0 Å². The molecule has 0 radical (unpaired) electrons. The number of rotatable bonds is 2. The molecule has 3 aromatic rings. The normalized spacial score (nSPS) is 19.0. The highest BCUT2D eigenvalue weighted by atomic mass is 32.2. The largest absolute Gasteiger partial charge is 0.378 e. The second-order valence-electron chi connectivity index (χ2n) is 6.73. The van der Waals surface area contributed by atoms with Gasteiger partial charge in [0, 0.05) is 54.0 Å². The Hall–Kier alpha value is -1.85. The first-order valence-electron chi connectivity index (χ1n) is 9.10. The van der Waals surface area contributed by atoms with E-state index in [9.17, 15) is 0 Å². The fourth-order valence-electron chi connectivity index (χ4n) is 4.06. The Kier molecular flexibility index (Phi) is 3.98. The van der Waals surface area contributed by atoms with E-state index in [1.807, 2.05) is 0 Å². The first kappa shape index (κ1) is 15.4. The third kappa shape index (κ3) is 2.66. The minimum absolute atomic E-state index is 0.819. The minimum atomic E-state index is 0.819. The van der Waals surface area contributed by atoms with E-state index in [4.69, 9.17) is 4.74 Å². The van der Waals surface area contributed by atoms with Gasteiger partial charge in [-0.2, -0.15) is 11.8 Å². The van der Waals surface area contributed by atoms with Crippen molar-refractivity contribution in [2.45, 2.75) is 0 Å². The van der Waals surface area contributed by atoms with Crippen molar-refractivity contribution in [2.24, 2.45) is 0 Å². The van der Waals surface area contributed by atoms with Gasteiger partial charge in [-0.15, -0.1) is 0 Å². The summed E-state index contributed by atoms with van der Waals surface area (Å²) in [5.41, 5.74) is 5.26. The maximum Gasteiger partial charge on any atom is 0.0850 e. The quantitative estimate of drug-likeness (QED) is 0.761. The molecule has 2 aliphatic heterocycles. The molecule has 130 valence electrons. The van der Waals surface area contributed by atoms with Gasteiger partial charge in [0.2, 0.25) is 0 Å². The predicted molar refractivity (Wildman–Crippen MR) is 108 cm³/mol. The molecule has 5 heteroatoms. The standard InChI is InChI=1S/C20H23N3OS/c1-2-4-17-15(3-1)16-5-6-18(22-7-11-24-12-8-22)20(19(16)21-17)23-9-13-25-14-10-23/h1-6,21H,7-14H2. The van der Waals surface area contributed by atoms with Crippen LogP contribution in [0.25, 0.3) is 21.8 Å². The van der Waals surface area contributed by atoms with E-state index in [1.54, 1.807) is 0 Å². The molecule has 2 aliphatic rings. The summed E-state index contributed by atoms with van der Waals surface area (Å²) in [5, 5.41) is 2.65. The number of H-pyrrole nitrogens is 1. The molecule has 0 saturated carbocycles. The molecule has 3 heterocycles. The van der Waals surface area contributed by atoms with Crippen molar-refractivity contribution >= 4 is 44.9 Å². The van der Waals surface area contributed by atoms with E-state index in [1.165, 1.54) is 44.7 Å². The molecule has 2 fully saturated rings. The van der Waals surface area contributed by atoms with Crippen molar-refractivity contribution in [3.63, 3.8) is 0 Å². The van der Waals surface area contributed by atoms with Gasteiger partial charge in [-0.3, -0.25) is 0 Å². The van der Waals surface area contributed by atoms with Crippen molar-refractivity contribution in [1.82, 2.24) is 4.98 Å². The number of fused-ring (bicyclic) bond motifs is 3. The fourth-order valence-corrected chi connectivity index (χ4v) is 4.96. The Balaban J connectivity index is 1.73. The van der Waals surface area contributed by atoms with E-state index < -0.39 is 0 Å². The molecular formula is C20H23N3OS. The average molecular weight is 353 g/mol. The van der Waals surface area contributed by atoms with Crippen LogP contribution < -0.4 is 9.80 Å². The number of hydrogen-bond acceptors (Lipinski definition) is 4. The highest BCUT2D eigenvalue weighted by Crippen LogP contribution is 2.40. The molecule has 0 atom stereocenters. The highest BCUT2D eigenvalue weighted by Gasteiger charge is 2.23. The van der Waals surface area contributed by atoms with Gasteiger partial charge in [-0.25, -0.2) is 0 Å². The zero-order chi connectivity index (χ0) is 16.6. The number of ether oxygens (including phenoxy) is 1. The Bertz CT molecular complexity index is 894. The molecule has 25 heavy (non-hydrogen) atoms. The number of thioether (sulfide) groups is 1. The second-order valence-corrected chi connectivity index (χ2v) is 7.95. The summed E-state index contributed by atoms with van der Waals surface area (Å²) in [7, 11) is 0. The van der Waals surface area contributed by atoms with Gasteiger partial charge < -0.3 is 19.5 Å². The number of nitrogens with zero attached hydrogens (tertiary/aromatic N) is 2. The lowest BCUT2D eigenvalue weighted by Crippen LogP contribution is -2.39. The van der Waals surface area contributed by atoms with Crippen LogP contribution in [0.1, 0.15) is 0 Å². The number of para-hydroxylation sites is 1. The summed E-state index contributed by atoms with van der Waals surface area (Å²) >= 11 is 2.06. The molecule has 4 nitrogen and oxygen atoms in total. The Labute approximate surface area is 152 Å². The average Bonchev–Trinajstić information content (AvgIpc) is 3.07. The summed E-state index contributed by atoms with van der Waals surface area (Å²) in [6, 6.07) is 13.3. The molecule has 5 rings (SSSR count). The molecule has 2 aromatic carbocycles. The van der Waals surface area contributed by atoms with Gasteiger partial charge in [0.25, 0.3) is 0 Å². The zero-order valence-corrected chi connectivity index (χ0v) is 15.1. The molecule has 0 bridgehead atoms. The van der Waals surface area contributed by atoms with E-state index in [0.29, 0.717) is 0 Å². The summed E-state index contributed by atoms with van der Waals surface area (Å²) < 4.78 is 5.58. The second kappa shape index (κ2) is 6.46. The third-order valence-electron chi connectivity index (χ3n) is 5.31. The van der Waals surface area contributed by atoms with Gasteiger partial charge in [-0.1, -0.05) is 18.2 Å². The fraction of sp³-hybridized carbons (Fsp3) is 0.400. The lowest BCUT2D eigenvalue weighted by Gasteiger charge is -2.36. The van der Waals surface area contributed by atoms with E-state index in [0.717, 1.165) is 39.4 Å². The van der Waals surface area contributed by atoms with E-state index in [2.05, 4.69) is 62.9 Å². The molecule has 0 aliphatic carbocycles. The summed E-state index contributed by atoms with van der Waals surface area (Å²) in [4.78, 5) is 8.79. The SMILES string of the molecule is c1ccc2c(c1)[nH]c1c(N3CCSCC3)c(N3CCOCC3)ccc12. The number of hydrogen-bond donors (Lipinski definition) is 1. The topological polar surface area (TPSA) is 31.5 Å². The predicted octanol–water partition coefficient (Wildman–Crippen LogP) is 3.71. The van der Waals surface area contributed by atoms with Crippen molar-refractivity contribution in [3.05, 3.63) is 36.4 Å². The molecule has 1 aromatic heterocycles. The maximum absolute atomic E-state index is 5.58. The van der Waals surface area contributed by atoms with Crippen LogP contribution in [0.15, 0.2) is 36.4 Å². The van der Waals surface area contributed by atoms with Crippen molar-refractivity contribution < 1.29 is 4.74 Å². The summed E-state index contributed by atoms with van der Waals surface area (Å²) in [5.74, 6) is 2.42. The first-order valence-corrected chi connectivity index (χ1v) is 10.3. The molecule has 2 saturated heterocycles. The highest BCUT2D eigenvalue weighted by molar-refractivity contribution is 7.99. The van der Waals surface area contributed by atoms with Crippen molar-refractivity contribution in [2.75, 3.05) is 60.7 Å². The number of aromatic nitrogens is 1. The lowest BCUT2D eigenvalue weighted by atomic mass is 10.1. The Morgan fingerprint density at radius 3 is 2.48 bits per heavy atom. The lowest BCUT2D eigenvalue weighted by molar-refractivity contribution is 0.123. The zero-order valence-electron chi connectivity index (χ0n) is 14.3. The summed E-state index contributed by atoms with van der Waals surface area (Å²) in [6.45, 7) is 5.83. The monoisotopic (exact) mass is 353 g/mol. The van der Waals surface area contributed by atoms with Crippen LogP contribution in [0, 0.1) is 0 Å². The maximum atomic E-state index is 5.58. The van der Waals surface area contributed by atoms with Crippen LogP contribution in [-0.2, 0) is 4.74 Å². The number of benzene rings is 2. The number of morpholine rings is 1. The van der Waals surface area contributed by atoms with Crippen LogP contribution in [0.5, 0.6) is 0 Å². The first-order chi connectivity index (χ1) is 12.4. The van der Waals surface area contributed by atoms with Gasteiger partial charge in [0.1, 0.15) is 0 Å². The smallest absolute Gasteiger partial charge is 0.0850 e. The van der Waals surface area contributed by atoms with Crippen molar-refractivity contribution in [3.8, 4) is 0 Å². The van der Waals surface area contributed by atoms with Crippen LogP contribution >= 0.6 is 11.8 Å². The Morgan fingerprint density at radius 1 is 0.840 bits per heavy atom. The molecular weight excluding hydrogens is 330 g/mol. The number of aromatic amines is 1. The van der Waals surface area contributed by atoms with Crippen molar-refractivity contribution in [1.29, 1.82) is 0 Å². The van der Waals surface area contributed by atoms with Crippen LogP contribution in [0.4, 0.5) is 11.4 Å². The minimum Gasteiger partial charge on any atom is -0.378 e. The van der Waals surface area contributed by atoms with E-state index >= 15 is 0 Å². The van der Waals surface area contributed by atoms with Crippen LogP contribution in [0.2, 0.25) is 0 Å². The van der Waals surface area contributed by atoms with Crippen LogP contribution in [-0.4, -0.2) is 55.9 Å². The number of anilines is 2. The molecule has 0 spiro atoms. The van der Waals surface area contributed by atoms with Gasteiger partial charge in [-0.05, 0) is 18.2 Å². The van der Waals surface area contributed by atoms with E-state index in [-0.39, 0.29) is 0 Å². The van der Waals surface area contributed by atoms with Gasteiger partial charge in [0.05, 0.1) is 30.1 Å². The molecule has 1 N–H and O–H groups in total. The number of nitrogens with one attached hydrogen (secondary N) is 1. The summed E-state index contributed by atoms with van der Waals surface area (Å²) in [6.07, 6.45) is 0. The van der Waals surface area contributed by atoms with Gasteiger partial charge >= 0.3 is 0 Å². The molecule has 0 unspecified atom stereocenters.